The maximum atomic E-state index is 10.7. The number of benzene rings is 1. The number of carbonyl (C=O) groups excluding carboxylic acids is 1. The molecule has 3 N–H and O–H groups in total. The van der Waals surface area contributed by atoms with E-state index in [0.29, 0.717) is 11.5 Å². The summed E-state index contributed by atoms with van der Waals surface area (Å²) in [6, 6.07) is 13.5. The van der Waals surface area contributed by atoms with E-state index in [2.05, 4.69) is 18.2 Å². The number of nitrogens with two attached hydrogens (primary N) is 1. The van der Waals surface area contributed by atoms with Crippen molar-refractivity contribution in [3.8, 4) is 0 Å². The van der Waals surface area contributed by atoms with Crippen molar-refractivity contribution < 1.29 is 10.0 Å². The molecule has 2 amide bonds. The minimum Gasteiger partial charge on any atom is -0.350 e. The molecule has 2 rings (SSSR count). The second-order valence-electron chi connectivity index (χ2n) is 4.24. The summed E-state index contributed by atoms with van der Waals surface area (Å²) < 4.78 is 0. The molecule has 0 saturated heterocycles. The Bertz CT molecular complexity index is 539. The van der Waals surface area contributed by atoms with Gasteiger partial charge in [0.05, 0.1) is 6.54 Å². The summed E-state index contributed by atoms with van der Waals surface area (Å²) >= 11 is 1.69. The fourth-order valence-electron chi connectivity index (χ4n) is 1.78. The molecule has 0 radical (unpaired) electrons. The van der Waals surface area contributed by atoms with Crippen LogP contribution in [0.3, 0.4) is 0 Å². The lowest BCUT2D eigenvalue weighted by atomic mass is 10.1. The van der Waals surface area contributed by atoms with Crippen LogP contribution in [0.4, 0.5) is 4.79 Å². The first-order chi connectivity index (χ1) is 9.15. The van der Waals surface area contributed by atoms with Crippen LogP contribution in [0, 0.1) is 0 Å². The highest BCUT2D eigenvalue weighted by Crippen LogP contribution is 2.20. The number of thiophene rings is 1. The van der Waals surface area contributed by atoms with Crippen molar-refractivity contribution in [3.05, 3.63) is 57.8 Å². The van der Waals surface area contributed by atoms with E-state index in [1.165, 1.54) is 10.4 Å². The van der Waals surface area contributed by atoms with Gasteiger partial charge < -0.3 is 5.73 Å². The Kier molecular flexibility index (Phi) is 4.54. The first-order valence-electron chi connectivity index (χ1n) is 6.02. The second-order valence-corrected chi connectivity index (χ2v) is 5.49. The molecule has 0 fully saturated rings. The molecule has 4 nitrogen and oxygen atoms in total. The number of hydroxylamine groups is 2. The highest BCUT2D eigenvalue weighted by molar-refractivity contribution is 7.12. The third kappa shape index (κ3) is 4.08. The van der Waals surface area contributed by atoms with E-state index in [1.807, 2.05) is 24.3 Å². The quantitative estimate of drug-likeness (QED) is 0.651. The van der Waals surface area contributed by atoms with Crippen molar-refractivity contribution in [1.82, 2.24) is 5.06 Å². The van der Waals surface area contributed by atoms with Gasteiger partial charge in [0.2, 0.25) is 0 Å². The highest BCUT2D eigenvalue weighted by Gasteiger charge is 2.07. The van der Waals surface area contributed by atoms with Crippen LogP contribution < -0.4 is 5.73 Å². The van der Waals surface area contributed by atoms with Crippen LogP contribution in [0.5, 0.6) is 0 Å². The van der Waals surface area contributed by atoms with Crippen molar-refractivity contribution in [3.63, 3.8) is 0 Å². The first kappa shape index (κ1) is 13.6. The lowest BCUT2D eigenvalue weighted by Gasteiger charge is -2.10. The molecule has 0 aliphatic rings. The van der Waals surface area contributed by atoms with Crippen LogP contribution in [0.15, 0.2) is 42.5 Å². The molecule has 1 heterocycles. The molecule has 0 spiro atoms. The molecule has 2 aromatic rings. The van der Waals surface area contributed by atoms with Crippen molar-refractivity contribution in [2.24, 2.45) is 5.73 Å². The van der Waals surface area contributed by atoms with E-state index in [1.54, 1.807) is 11.3 Å². The minimum absolute atomic E-state index is 0.223. The lowest BCUT2D eigenvalue weighted by Crippen LogP contribution is -2.34. The summed E-state index contributed by atoms with van der Waals surface area (Å²) in [5.41, 5.74) is 6.22. The van der Waals surface area contributed by atoms with Crippen LogP contribution in [0.25, 0.3) is 0 Å². The van der Waals surface area contributed by atoms with E-state index in [9.17, 15) is 10.0 Å². The number of primary amides is 1. The van der Waals surface area contributed by atoms with Crippen molar-refractivity contribution in [2.75, 3.05) is 6.54 Å². The average Bonchev–Trinajstić information content (AvgIpc) is 2.84. The summed E-state index contributed by atoms with van der Waals surface area (Å²) in [5.74, 6) is 0. The minimum atomic E-state index is -0.818. The number of amides is 2. The Balaban J connectivity index is 1.90. The molecule has 1 aromatic carbocycles. The first-order valence-corrected chi connectivity index (χ1v) is 6.84. The van der Waals surface area contributed by atoms with Crippen molar-refractivity contribution >= 4 is 17.4 Å². The van der Waals surface area contributed by atoms with Gasteiger partial charge in [0.1, 0.15) is 0 Å². The number of rotatable bonds is 5. The zero-order valence-electron chi connectivity index (χ0n) is 10.5. The third-order valence-corrected chi connectivity index (χ3v) is 3.91. The van der Waals surface area contributed by atoms with Gasteiger partial charge in [-0.3, -0.25) is 5.21 Å². The van der Waals surface area contributed by atoms with Crippen LogP contribution in [-0.2, 0) is 12.8 Å². The van der Waals surface area contributed by atoms with Gasteiger partial charge in [-0.15, -0.1) is 11.3 Å². The topological polar surface area (TPSA) is 66.6 Å². The third-order valence-electron chi connectivity index (χ3n) is 2.76. The predicted octanol–water partition coefficient (Wildman–Crippen LogP) is 2.65. The summed E-state index contributed by atoms with van der Waals surface area (Å²) in [6.45, 7) is 0.223. The Morgan fingerprint density at radius 2 is 1.84 bits per heavy atom. The summed E-state index contributed by atoms with van der Waals surface area (Å²) in [7, 11) is 0. The molecule has 0 aliphatic heterocycles. The van der Waals surface area contributed by atoms with Gasteiger partial charge in [-0.1, -0.05) is 30.3 Å². The van der Waals surface area contributed by atoms with Gasteiger partial charge in [0.25, 0.3) is 0 Å². The molecule has 100 valence electrons. The zero-order valence-corrected chi connectivity index (χ0v) is 11.3. The summed E-state index contributed by atoms with van der Waals surface area (Å²) in [4.78, 5) is 13.1. The molecular weight excluding hydrogens is 260 g/mol. The van der Waals surface area contributed by atoms with E-state index >= 15 is 0 Å². The zero-order chi connectivity index (χ0) is 13.7. The van der Waals surface area contributed by atoms with Gasteiger partial charge >= 0.3 is 6.03 Å². The molecule has 1 aromatic heterocycles. The Hall–Kier alpha value is -1.85. The van der Waals surface area contributed by atoms with Gasteiger partial charge in [-0.25, -0.2) is 9.86 Å². The number of hydrogen-bond donors (Lipinski definition) is 2. The van der Waals surface area contributed by atoms with E-state index in [4.69, 9.17) is 5.73 Å². The Labute approximate surface area is 116 Å². The van der Waals surface area contributed by atoms with Crippen LogP contribution >= 0.6 is 11.3 Å². The average molecular weight is 276 g/mol. The van der Waals surface area contributed by atoms with E-state index in [0.717, 1.165) is 11.3 Å². The highest BCUT2D eigenvalue weighted by atomic mass is 32.1. The number of nitrogens with zero attached hydrogens (tertiary/aromatic N) is 1. The van der Waals surface area contributed by atoms with Gasteiger partial charge in [-0.2, -0.15) is 0 Å². The van der Waals surface area contributed by atoms with Crippen LogP contribution in [0.1, 0.15) is 15.3 Å². The predicted molar refractivity (Wildman–Crippen MR) is 75.3 cm³/mol. The van der Waals surface area contributed by atoms with Gasteiger partial charge in [-0.05, 0) is 17.7 Å². The van der Waals surface area contributed by atoms with Crippen LogP contribution in [-0.4, -0.2) is 22.8 Å². The largest absolute Gasteiger partial charge is 0.350 e. The summed E-state index contributed by atoms with van der Waals surface area (Å²) in [5, 5.41) is 9.73. The monoisotopic (exact) mass is 276 g/mol. The van der Waals surface area contributed by atoms with Gasteiger partial charge in [0.15, 0.2) is 0 Å². The molecule has 5 heteroatoms. The Morgan fingerprint density at radius 1 is 1.16 bits per heavy atom. The molecule has 19 heavy (non-hydrogen) atoms. The smallest absolute Gasteiger partial charge is 0.338 e. The maximum absolute atomic E-state index is 10.7. The molecule has 0 bridgehead atoms. The standard InChI is InChI=1S/C14H16N2O2S/c15-14(17)16(18)9-8-12-6-7-13(19-12)10-11-4-2-1-3-5-11/h1-7,18H,8-10H2,(H2,15,17). The van der Waals surface area contributed by atoms with Crippen molar-refractivity contribution in [1.29, 1.82) is 0 Å². The molecular formula is C14H16N2O2S. The molecule has 0 aliphatic carbocycles. The number of urea groups is 1. The van der Waals surface area contributed by atoms with Crippen molar-refractivity contribution in [2.45, 2.75) is 12.8 Å². The summed E-state index contributed by atoms with van der Waals surface area (Å²) in [6.07, 6.45) is 1.52. The van der Waals surface area contributed by atoms with Crippen LogP contribution in [0.2, 0.25) is 0 Å². The number of carbonyl (C=O) groups is 1. The number of hydrogen-bond acceptors (Lipinski definition) is 3. The lowest BCUT2D eigenvalue weighted by molar-refractivity contribution is -0.0380. The van der Waals surface area contributed by atoms with E-state index < -0.39 is 6.03 Å². The molecule has 0 atom stereocenters. The molecule has 0 unspecified atom stereocenters. The van der Waals surface area contributed by atoms with E-state index in [-0.39, 0.29) is 6.54 Å². The second kappa shape index (κ2) is 6.36. The SMILES string of the molecule is NC(=O)N(O)CCc1ccc(Cc2ccccc2)s1. The molecule has 0 saturated carbocycles. The Morgan fingerprint density at radius 3 is 2.53 bits per heavy atom. The normalized spacial score (nSPS) is 10.4. The maximum Gasteiger partial charge on any atom is 0.338 e. The fourth-order valence-corrected chi connectivity index (χ4v) is 2.82. The van der Waals surface area contributed by atoms with Gasteiger partial charge in [0, 0.05) is 22.6 Å². The fraction of sp³-hybridized carbons (Fsp3) is 0.214.